The molecule has 2 aromatic carbocycles. The summed E-state index contributed by atoms with van der Waals surface area (Å²) in [7, 11) is 1.55. The summed E-state index contributed by atoms with van der Waals surface area (Å²) in [6.07, 6.45) is 1.17. The monoisotopic (exact) mass is 397 g/mol. The average molecular weight is 397 g/mol. The molecule has 2 N–H and O–H groups in total. The van der Waals surface area contributed by atoms with Crippen LogP contribution in [0, 0.1) is 13.8 Å². The molecule has 0 spiro atoms. The van der Waals surface area contributed by atoms with Gasteiger partial charge in [0.25, 0.3) is 0 Å². The molecule has 154 valence electrons. The number of benzene rings is 2. The number of carbonyl (C=O) groups excluding carboxylic acids is 2. The summed E-state index contributed by atoms with van der Waals surface area (Å²) in [5.41, 5.74) is 5.93. The van der Waals surface area contributed by atoms with Gasteiger partial charge in [-0.05, 0) is 74.7 Å². The highest BCUT2D eigenvalue weighted by Crippen LogP contribution is 2.28. The first-order valence-electron chi connectivity index (χ1n) is 9.32. The maximum absolute atomic E-state index is 12.0. The number of anilines is 1. The van der Waals surface area contributed by atoms with Crippen molar-refractivity contribution >= 4 is 23.7 Å². The van der Waals surface area contributed by atoms with Crippen molar-refractivity contribution in [2.24, 2.45) is 5.10 Å². The Kier molecular flexibility index (Phi) is 7.77. The molecule has 7 nitrogen and oxygen atoms in total. The summed E-state index contributed by atoms with van der Waals surface area (Å²) in [5.74, 6) is 0.292. The minimum absolute atomic E-state index is 0.0256. The quantitative estimate of drug-likeness (QED) is 0.405. The molecule has 0 aliphatic rings. The highest BCUT2D eigenvalue weighted by Gasteiger charge is 2.10. The maximum atomic E-state index is 12.0. The molecule has 0 heterocycles. The largest absolute Gasteiger partial charge is 0.493 e. The van der Waals surface area contributed by atoms with Gasteiger partial charge in [-0.3, -0.25) is 9.59 Å². The fourth-order valence-corrected chi connectivity index (χ4v) is 2.50. The van der Waals surface area contributed by atoms with Crippen LogP contribution in [0.5, 0.6) is 11.5 Å². The van der Waals surface area contributed by atoms with E-state index in [1.807, 2.05) is 39.8 Å². The van der Waals surface area contributed by atoms with Gasteiger partial charge in [0.15, 0.2) is 11.5 Å². The molecule has 29 heavy (non-hydrogen) atoms. The second kappa shape index (κ2) is 10.3. The number of rotatable bonds is 8. The lowest BCUT2D eigenvalue weighted by molar-refractivity contribution is -0.126. The van der Waals surface area contributed by atoms with Crippen molar-refractivity contribution in [2.75, 3.05) is 12.4 Å². The number of ether oxygens (including phenoxy) is 2. The van der Waals surface area contributed by atoms with E-state index in [0.29, 0.717) is 17.2 Å². The maximum Gasteiger partial charge on any atom is 0.249 e. The highest BCUT2D eigenvalue weighted by molar-refractivity contribution is 6.03. The Morgan fingerprint density at radius 2 is 1.79 bits per heavy atom. The van der Waals surface area contributed by atoms with Crippen molar-refractivity contribution in [3.63, 3.8) is 0 Å². The molecule has 7 heteroatoms. The fourth-order valence-electron chi connectivity index (χ4n) is 2.50. The zero-order valence-corrected chi connectivity index (χ0v) is 17.4. The molecular formula is C22H27N3O4. The van der Waals surface area contributed by atoms with Gasteiger partial charge in [0.1, 0.15) is 6.42 Å². The Hall–Kier alpha value is -3.35. The first-order valence-corrected chi connectivity index (χ1v) is 9.32. The van der Waals surface area contributed by atoms with Crippen LogP contribution in [-0.4, -0.2) is 31.2 Å². The summed E-state index contributed by atoms with van der Waals surface area (Å²) >= 11 is 0. The van der Waals surface area contributed by atoms with Gasteiger partial charge in [-0.2, -0.15) is 5.10 Å². The molecule has 0 atom stereocenters. The summed E-state index contributed by atoms with van der Waals surface area (Å²) < 4.78 is 11.0. The average Bonchev–Trinajstić information content (AvgIpc) is 2.65. The molecule has 0 radical (unpaired) electrons. The van der Waals surface area contributed by atoms with Crippen molar-refractivity contribution < 1.29 is 19.1 Å². The Bertz CT molecular complexity index is 907. The van der Waals surface area contributed by atoms with Gasteiger partial charge in [0.05, 0.1) is 19.4 Å². The minimum Gasteiger partial charge on any atom is -0.493 e. The molecule has 2 amide bonds. The van der Waals surface area contributed by atoms with Gasteiger partial charge in [-0.1, -0.05) is 6.07 Å². The highest BCUT2D eigenvalue weighted by atomic mass is 16.5. The SMILES string of the molecule is COc1cc(C=NNC(=O)CC(=O)Nc2ccc(C)c(C)c2)ccc1OC(C)C. The Morgan fingerprint density at radius 3 is 2.45 bits per heavy atom. The number of carbonyl (C=O) groups is 2. The van der Waals surface area contributed by atoms with E-state index in [2.05, 4.69) is 15.8 Å². The van der Waals surface area contributed by atoms with Crippen molar-refractivity contribution in [1.29, 1.82) is 0 Å². The number of hydrogen-bond donors (Lipinski definition) is 2. The second-order valence-corrected chi connectivity index (χ2v) is 6.89. The lowest BCUT2D eigenvalue weighted by atomic mass is 10.1. The summed E-state index contributed by atoms with van der Waals surface area (Å²) in [6.45, 7) is 7.82. The lowest BCUT2D eigenvalue weighted by Crippen LogP contribution is -2.24. The standard InChI is InChI=1S/C22H27N3O4/c1-14(2)29-19-9-7-17(11-20(19)28-5)13-23-25-22(27)12-21(26)24-18-8-6-15(3)16(4)10-18/h6-11,13-14H,12H2,1-5H3,(H,24,26)(H,25,27). The normalized spacial score (nSPS) is 10.8. The van der Waals surface area contributed by atoms with E-state index in [1.165, 1.54) is 6.21 Å². The summed E-state index contributed by atoms with van der Waals surface area (Å²) in [4.78, 5) is 23.9. The van der Waals surface area contributed by atoms with Gasteiger partial charge in [-0.25, -0.2) is 5.43 Å². The minimum atomic E-state index is -0.505. The van der Waals surface area contributed by atoms with E-state index in [0.717, 1.165) is 16.7 Å². The summed E-state index contributed by atoms with van der Waals surface area (Å²) in [5, 5.41) is 6.60. The van der Waals surface area contributed by atoms with Crippen LogP contribution in [0.1, 0.15) is 37.0 Å². The molecule has 0 aromatic heterocycles. The van der Waals surface area contributed by atoms with Crippen molar-refractivity contribution in [3.8, 4) is 11.5 Å². The van der Waals surface area contributed by atoms with Crippen LogP contribution in [0.2, 0.25) is 0 Å². The lowest BCUT2D eigenvalue weighted by Gasteiger charge is -2.13. The molecule has 0 aliphatic carbocycles. The van der Waals surface area contributed by atoms with Crippen LogP contribution in [0.3, 0.4) is 0 Å². The smallest absolute Gasteiger partial charge is 0.249 e. The third-order valence-electron chi connectivity index (χ3n) is 4.07. The van der Waals surface area contributed by atoms with Gasteiger partial charge in [0, 0.05) is 5.69 Å². The van der Waals surface area contributed by atoms with E-state index in [4.69, 9.17) is 9.47 Å². The second-order valence-electron chi connectivity index (χ2n) is 6.89. The third-order valence-corrected chi connectivity index (χ3v) is 4.07. The van der Waals surface area contributed by atoms with Gasteiger partial charge >= 0.3 is 0 Å². The number of hydrazone groups is 1. The molecule has 0 unspecified atom stereocenters. The van der Waals surface area contributed by atoms with Crippen LogP contribution in [-0.2, 0) is 9.59 Å². The molecule has 0 aliphatic heterocycles. The zero-order valence-electron chi connectivity index (χ0n) is 17.4. The number of amides is 2. The van der Waals surface area contributed by atoms with E-state index in [1.54, 1.807) is 31.4 Å². The number of nitrogens with one attached hydrogen (secondary N) is 2. The molecule has 0 saturated carbocycles. The molecular weight excluding hydrogens is 370 g/mol. The van der Waals surface area contributed by atoms with E-state index in [9.17, 15) is 9.59 Å². The summed E-state index contributed by atoms with van der Waals surface area (Å²) in [6, 6.07) is 10.9. The van der Waals surface area contributed by atoms with Crippen molar-refractivity contribution in [3.05, 3.63) is 53.1 Å². The first kappa shape index (κ1) is 21.9. The Balaban J connectivity index is 1.88. The van der Waals surface area contributed by atoms with Crippen LogP contribution in [0.15, 0.2) is 41.5 Å². The van der Waals surface area contributed by atoms with E-state index >= 15 is 0 Å². The van der Waals surface area contributed by atoms with Crippen LogP contribution in [0.4, 0.5) is 5.69 Å². The van der Waals surface area contributed by atoms with E-state index in [-0.39, 0.29) is 12.5 Å². The number of nitrogens with zero attached hydrogens (tertiary/aromatic N) is 1. The van der Waals surface area contributed by atoms with Crippen molar-refractivity contribution in [1.82, 2.24) is 5.43 Å². The molecule has 2 aromatic rings. The predicted octanol–water partition coefficient (Wildman–Crippen LogP) is 3.58. The van der Waals surface area contributed by atoms with Crippen LogP contribution in [0.25, 0.3) is 0 Å². The predicted molar refractivity (Wildman–Crippen MR) is 114 cm³/mol. The van der Waals surface area contributed by atoms with Gasteiger partial charge in [-0.15, -0.1) is 0 Å². The topological polar surface area (TPSA) is 89.0 Å². The van der Waals surface area contributed by atoms with Crippen LogP contribution < -0.4 is 20.2 Å². The number of hydrogen-bond acceptors (Lipinski definition) is 5. The Labute approximate surface area is 171 Å². The first-order chi connectivity index (χ1) is 13.8. The van der Waals surface area contributed by atoms with E-state index < -0.39 is 11.8 Å². The van der Waals surface area contributed by atoms with Crippen molar-refractivity contribution in [2.45, 2.75) is 40.2 Å². The van der Waals surface area contributed by atoms with Gasteiger partial charge < -0.3 is 14.8 Å². The molecule has 2 rings (SSSR count). The molecule has 0 saturated heterocycles. The third kappa shape index (κ3) is 6.95. The van der Waals surface area contributed by atoms with Crippen LogP contribution >= 0.6 is 0 Å². The van der Waals surface area contributed by atoms with Gasteiger partial charge in [0.2, 0.25) is 11.8 Å². The molecule has 0 bridgehead atoms. The molecule has 0 fully saturated rings. The Morgan fingerprint density at radius 1 is 1.03 bits per heavy atom. The fraction of sp³-hybridized carbons (Fsp3) is 0.318. The number of aryl methyl sites for hydroxylation is 2. The number of methoxy groups -OCH3 is 1. The zero-order chi connectivity index (χ0) is 21.4.